The Bertz CT molecular complexity index is 1710. The molecule has 12 heteroatoms. The van der Waals surface area contributed by atoms with Crippen molar-refractivity contribution in [1.82, 2.24) is 10.1 Å². The number of aromatic nitrogens is 1. The fraction of sp³-hybridized carbons (Fsp3) is 0.500. The fourth-order valence-electron chi connectivity index (χ4n) is 6.35. The summed E-state index contributed by atoms with van der Waals surface area (Å²) in [4.78, 5) is 20.4. The number of aryl methyl sites for hydroxylation is 1. The number of nitrogens with zero attached hydrogens (tertiary/aromatic N) is 4. The van der Waals surface area contributed by atoms with Crippen molar-refractivity contribution in [3.63, 3.8) is 0 Å². The summed E-state index contributed by atoms with van der Waals surface area (Å²) < 4.78 is 63.6. The summed E-state index contributed by atoms with van der Waals surface area (Å²) in [5, 5.41) is 4.04. The number of carbonyl (C=O) groups is 1. The van der Waals surface area contributed by atoms with Gasteiger partial charge in [-0.25, -0.2) is 17.1 Å². The lowest BCUT2D eigenvalue weighted by Gasteiger charge is -2.28. The molecular weight excluding hydrogens is 611 g/mol. The van der Waals surface area contributed by atoms with E-state index in [2.05, 4.69) is 12.1 Å². The first-order chi connectivity index (χ1) is 22.1. The van der Waals surface area contributed by atoms with Crippen LogP contribution < -0.4 is 4.31 Å². The van der Waals surface area contributed by atoms with Crippen LogP contribution in [0, 0.1) is 19.7 Å². The van der Waals surface area contributed by atoms with E-state index in [1.54, 1.807) is 43.0 Å². The number of halogens is 1. The third-order valence-corrected chi connectivity index (χ3v) is 10.8. The van der Waals surface area contributed by atoms with Gasteiger partial charge in [-0.1, -0.05) is 61.7 Å². The summed E-state index contributed by atoms with van der Waals surface area (Å²) in [5.74, 6) is 0.275. The number of methoxy groups -OCH3 is 1. The maximum atomic E-state index is 16.3. The second-order valence-corrected chi connectivity index (χ2v) is 13.7. The van der Waals surface area contributed by atoms with Crippen molar-refractivity contribution >= 4 is 27.6 Å². The van der Waals surface area contributed by atoms with E-state index in [-0.39, 0.29) is 40.9 Å². The van der Waals surface area contributed by atoms with E-state index in [0.717, 1.165) is 30.0 Å². The lowest BCUT2D eigenvalue weighted by atomic mass is 9.96. The molecule has 3 aromatic rings. The zero-order valence-corrected chi connectivity index (χ0v) is 28.1. The van der Waals surface area contributed by atoms with Gasteiger partial charge in [0.15, 0.2) is 5.82 Å². The Balaban J connectivity index is 1.74. The zero-order chi connectivity index (χ0) is 33.1. The van der Waals surface area contributed by atoms with Crippen LogP contribution in [0.25, 0.3) is 11.1 Å². The van der Waals surface area contributed by atoms with E-state index < -0.39 is 28.1 Å². The molecule has 0 saturated heterocycles. The maximum Gasteiger partial charge on any atom is 0.268 e. The lowest BCUT2D eigenvalue weighted by molar-refractivity contribution is -0.131. The number of amidine groups is 1. The van der Waals surface area contributed by atoms with Crippen LogP contribution in [0.1, 0.15) is 81.2 Å². The molecule has 46 heavy (non-hydrogen) atoms. The summed E-state index contributed by atoms with van der Waals surface area (Å²) in [6.45, 7) is 7.39. The number of hydrogen-bond acceptors (Lipinski definition) is 8. The average Bonchev–Trinajstić information content (AvgIpc) is 3.73. The summed E-state index contributed by atoms with van der Waals surface area (Å²) >= 11 is 0. The predicted molar refractivity (Wildman–Crippen MR) is 173 cm³/mol. The Morgan fingerprint density at radius 1 is 1.09 bits per heavy atom. The largest absolute Gasteiger partial charge is 0.377 e. The van der Waals surface area contributed by atoms with Gasteiger partial charge in [-0.3, -0.25) is 14.7 Å². The quantitative estimate of drug-likeness (QED) is 0.178. The van der Waals surface area contributed by atoms with Gasteiger partial charge in [-0.15, -0.1) is 0 Å². The molecule has 0 radical (unpaired) electrons. The van der Waals surface area contributed by atoms with Crippen LogP contribution in [0.4, 0.5) is 10.2 Å². The van der Waals surface area contributed by atoms with Crippen molar-refractivity contribution in [2.45, 2.75) is 96.2 Å². The second-order valence-electron chi connectivity index (χ2n) is 11.9. The Labute approximate surface area is 270 Å². The zero-order valence-electron chi connectivity index (χ0n) is 27.3. The molecule has 0 bridgehead atoms. The van der Waals surface area contributed by atoms with Crippen LogP contribution in [0.15, 0.2) is 50.8 Å². The third kappa shape index (κ3) is 6.22. The first kappa shape index (κ1) is 33.7. The number of rotatable bonds is 14. The number of aliphatic imine (C=N–C) groups is 1. The van der Waals surface area contributed by atoms with Gasteiger partial charge >= 0.3 is 0 Å². The van der Waals surface area contributed by atoms with Crippen molar-refractivity contribution in [2.75, 3.05) is 24.8 Å². The first-order valence-electron chi connectivity index (χ1n) is 15.9. The van der Waals surface area contributed by atoms with E-state index in [1.807, 2.05) is 6.92 Å². The molecule has 248 valence electrons. The van der Waals surface area contributed by atoms with Gasteiger partial charge < -0.3 is 14.0 Å². The highest BCUT2D eigenvalue weighted by Gasteiger charge is 2.50. The molecule has 2 aliphatic rings. The molecule has 10 nitrogen and oxygen atoms in total. The van der Waals surface area contributed by atoms with Gasteiger partial charge in [-0.2, -0.15) is 0 Å². The molecule has 1 aliphatic carbocycles. The van der Waals surface area contributed by atoms with Crippen LogP contribution in [0.2, 0.25) is 0 Å². The molecule has 2 aromatic carbocycles. The molecule has 2 heterocycles. The third-order valence-electron chi connectivity index (χ3n) is 8.91. The Hall–Kier alpha value is -3.61. The standard InChI is InChI=1S/C34H43FN4O6S/c1-6-8-15-29-36-34(18-11-12-19-34)33(40)38(29)20-25-16-17-28(35)30(27-14-10-9-13-26(27)21-44-7-2)31(25)46(41,42)39(22-43-5)32-23(3)24(4)45-37-32/h9-10,13-14,16-17H,6-8,11-12,15,18-22H2,1-5H3. The molecule has 0 atom stereocenters. The predicted octanol–water partition coefficient (Wildman–Crippen LogP) is 6.68. The minimum atomic E-state index is -4.59. The first-order valence-corrected chi connectivity index (χ1v) is 17.4. The van der Waals surface area contributed by atoms with Crippen molar-refractivity contribution < 1.29 is 31.6 Å². The average molecular weight is 655 g/mol. The SMILES string of the molecule is CCCCC1=NC2(CCCC2)C(=O)N1Cc1ccc(F)c(-c2ccccc2COCC)c1S(=O)(=O)N(COC)c1noc(C)c1C. The Morgan fingerprint density at radius 2 is 1.83 bits per heavy atom. The van der Waals surface area contributed by atoms with Gasteiger partial charge in [0, 0.05) is 31.3 Å². The van der Waals surface area contributed by atoms with Crippen molar-refractivity contribution in [2.24, 2.45) is 4.99 Å². The van der Waals surface area contributed by atoms with Crippen molar-refractivity contribution in [3.8, 4) is 11.1 Å². The highest BCUT2D eigenvalue weighted by molar-refractivity contribution is 7.93. The van der Waals surface area contributed by atoms with E-state index in [0.29, 0.717) is 54.2 Å². The monoisotopic (exact) mass is 654 g/mol. The van der Waals surface area contributed by atoms with Crippen LogP contribution in [-0.4, -0.2) is 56.2 Å². The van der Waals surface area contributed by atoms with E-state index in [4.69, 9.17) is 19.0 Å². The molecule has 1 saturated carbocycles. The Morgan fingerprint density at radius 3 is 2.48 bits per heavy atom. The molecule has 1 fully saturated rings. The van der Waals surface area contributed by atoms with Crippen LogP contribution in [0.5, 0.6) is 0 Å². The minimum Gasteiger partial charge on any atom is -0.377 e. The van der Waals surface area contributed by atoms with Crippen LogP contribution in [0.3, 0.4) is 0 Å². The lowest BCUT2D eigenvalue weighted by Crippen LogP contribution is -2.41. The van der Waals surface area contributed by atoms with E-state index in [9.17, 15) is 13.2 Å². The number of benzene rings is 2. The molecule has 1 aromatic heterocycles. The second kappa shape index (κ2) is 14.0. The number of sulfonamides is 1. The molecular formula is C34H43FN4O6S. The number of hydrogen-bond donors (Lipinski definition) is 0. The van der Waals surface area contributed by atoms with Gasteiger partial charge in [0.25, 0.3) is 15.9 Å². The summed E-state index contributed by atoms with van der Waals surface area (Å²) in [6, 6.07) is 9.72. The van der Waals surface area contributed by atoms with E-state index >= 15 is 4.39 Å². The summed E-state index contributed by atoms with van der Waals surface area (Å²) in [5.41, 5.74) is 0.834. The van der Waals surface area contributed by atoms with E-state index in [1.165, 1.54) is 19.2 Å². The molecule has 5 rings (SSSR count). The number of carbonyl (C=O) groups excluding carboxylic acids is 1. The number of ether oxygens (including phenoxy) is 2. The van der Waals surface area contributed by atoms with Gasteiger partial charge in [-0.05, 0) is 62.8 Å². The molecule has 0 N–H and O–H groups in total. The normalized spacial score (nSPS) is 16.1. The van der Waals surface area contributed by atoms with Gasteiger partial charge in [0.2, 0.25) is 0 Å². The van der Waals surface area contributed by atoms with Crippen molar-refractivity contribution in [1.29, 1.82) is 0 Å². The van der Waals surface area contributed by atoms with Crippen molar-refractivity contribution in [3.05, 3.63) is 64.7 Å². The smallest absolute Gasteiger partial charge is 0.268 e. The number of anilines is 1. The molecule has 1 spiro atoms. The van der Waals surface area contributed by atoms with Crippen LogP contribution >= 0.6 is 0 Å². The maximum absolute atomic E-state index is 16.3. The molecule has 0 unspecified atom stereocenters. The minimum absolute atomic E-state index is 0.0375. The highest BCUT2D eigenvalue weighted by atomic mass is 32.2. The number of unbranched alkanes of at least 4 members (excludes halogenated alkanes) is 1. The fourth-order valence-corrected chi connectivity index (χ4v) is 8.14. The molecule has 1 aliphatic heterocycles. The summed E-state index contributed by atoms with van der Waals surface area (Å²) in [7, 11) is -3.22. The Kier molecular flexibility index (Phi) is 10.3. The molecule has 1 amide bonds. The topological polar surface area (TPSA) is 115 Å². The highest BCUT2D eigenvalue weighted by Crippen LogP contribution is 2.43. The summed E-state index contributed by atoms with van der Waals surface area (Å²) in [6.07, 6.45) is 5.46. The number of amides is 1. The van der Waals surface area contributed by atoms with Gasteiger partial charge in [0.1, 0.15) is 34.6 Å². The van der Waals surface area contributed by atoms with Gasteiger partial charge in [0.05, 0.1) is 13.2 Å². The van der Waals surface area contributed by atoms with Crippen LogP contribution in [-0.2, 0) is 37.4 Å².